The zero-order valence-electron chi connectivity index (χ0n) is 8.99. The van der Waals surface area contributed by atoms with Crippen molar-refractivity contribution in [3.05, 3.63) is 24.4 Å². The number of hydrogen-bond acceptors (Lipinski definition) is 3. The smallest absolute Gasteiger partial charge is 0.146 e. The second-order valence-corrected chi connectivity index (χ2v) is 3.77. The van der Waals surface area contributed by atoms with E-state index in [1.165, 1.54) is 0 Å². The summed E-state index contributed by atoms with van der Waals surface area (Å²) in [6.45, 7) is 6.38. The van der Waals surface area contributed by atoms with E-state index in [1.54, 1.807) is 6.20 Å². The number of aromatic nitrogens is 1. The number of hydrazone groups is 1. The van der Waals surface area contributed by atoms with Crippen LogP contribution in [0, 0.1) is 5.92 Å². The molecule has 3 heteroatoms. The Balaban J connectivity index is 2.47. The normalized spacial score (nSPS) is 11.9. The lowest BCUT2D eigenvalue weighted by Crippen LogP contribution is -2.02. The molecule has 1 aromatic rings. The van der Waals surface area contributed by atoms with E-state index in [1.807, 2.05) is 25.1 Å². The van der Waals surface area contributed by atoms with Gasteiger partial charge in [0.2, 0.25) is 0 Å². The highest BCUT2D eigenvalue weighted by Gasteiger charge is 1.96. The first-order valence-electron chi connectivity index (χ1n) is 4.88. The van der Waals surface area contributed by atoms with Gasteiger partial charge in [-0.25, -0.2) is 4.98 Å². The molecule has 0 bridgehead atoms. The lowest BCUT2D eigenvalue weighted by Gasteiger charge is -2.04. The Morgan fingerprint density at radius 3 is 2.86 bits per heavy atom. The van der Waals surface area contributed by atoms with Gasteiger partial charge in [0.05, 0.1) is 0 Å². The lowest BCUT2D eigenvalue weighted by atomic mass is 10.1. The van der Waals surface area contributed by atoms with Crippen LogP contribution in [-0.2, 0) is 0 Å². The van der Waals surface area contributed by atoms with Gasteiger partial charge in [0.25, 0.3) is 0 Å². The highest BCUT2D eigenvalue weighted by Crippen LogP contribution is 2.03. The quantitative estimate of drug-likeness (QED) is 0.587. The fourth-order valence-electron chi connectivity index (χ4n) is 1.22. The van der Waals surface area contributed by atoms with E-state index < -0.39 is 0 Å². The first kappa shape index (κ1) is 10.7. The van der Waals surface area contributed by atoms with Crippen molar-refractivity contribution in [2.75, 3.05) is 5.43 Å². The molecule has 76 valence electrons. The predicted octanol–water partition coefficient (Wildman–Crippen LogP) is 2.92. The molecule has 0 spiro atoms. The Hall–Kier alpha value is -1.38. The van der Waals surface area contributed by atoms with Gasteiger partial charge < -0.3 is 0 Å². The molecule has 1 N–H and O–H groups in total. The molecule has 0 saturated carbocycles. The maximum Gasteiger partial charge on any atom is 0.146 e. The summed E-state index contributed by atoms with van der Waals surface area (Å²) < 4.78 is 0. The largest absolute Gasteiger partial charge is 0.261 e. The molecule has 0 aliphatic rings. The van der Waals surface area contributed by atoms with E-state index in [0.29, 0.717) is 5.92 Å². The molecule has 0 aliphatic heterocycles. The maximum absolute atomic E-state index is 4.24. The average Bonchev–Trinajstić information content (AvgIpc) is 2.15. The minimum Gasteiger partial charge on any atom is -0.261 e. The van der Waals surface area contributed by atoms with Crippen molar-refractivity contribution in [3.63, 3.8) is 0 Å². The molecule has 1 aromatic heterocycles. The van der Waals surface area contributed by atoms with E-state index >= 15 is 0 Å². The average molecular weight is 191 g/mol. The van der Waals surface area contributed by atoms with Crippen molar-refractivity contribution in [2.45, 2.75) is 27.2 Å². The van der Waals surface area contributed by atoms with Gasteiger partial charge in [-0.15, -0.1) is 0 Å². The van der Waals surface area contributed by atoms with E-state index in [-0.39, 0.29) is 0 Å². The molecule has 0 aliphatic carbocycles. The van der Waals surface area contributed by atoms with Crippen LogP contribution in [-0.4, -0.2) is 10.7 Å². The fraction of sp³-hybridized carbons (Fsp3) is 0.455. The van der Waals surface area contributed by atoms with Crippen LogP contribution in [0.4, 0.5) is 5.82 Å². The number of nitrogens with one attached hydrogen (secondary N) is 1. The van der Waals surface area contributed by atoms with Crippen molar-refractivity contribution in [1.29, 1.82) is 0 Å². The number of rotatable bonds is 4. The number of nitrogens with zero attached hydrogens (tertiary/aromatic N) is 2. The van der Waals surface area contributed by atoms with Gasteiger partial charge in [-0.05, 0) is 31.4 Å². The van der Waals surface area contributed by atoms with Crippen molar-refractivity contribution < 1.29 is 0 Å². The Morgan fingerprint density at radius 2 is 2.29 bits per heavy atom. The van der Waals surface area contributed by atoms with Crippen molar-refractivity contribution >= 4 is 11.5 Å². The van der Waals surface area contributed by atoms with Crippen molar-refractivity contribution in [1.82, 2.24) is 4.98 Å². The highest BCUT2D eigenvalue weighted by molar-refractivity contribution is 5.82. The molecule has 0 fully saturated rings. The zero-order valence-corrected chi connectivity index (χ0v) is 8.99. The third-order valence-electron chi connectivity index (χ3n) is 1.73. The summed E-state index contributed by atoms with van der Waals surface area (Å²) in [5.74, 6) is 1.43. The third-order valence-corrected chi connectivity index (χ3v) is 1.73. The lowest BCUT2D eigenvalue weighted by molar-refractivity contribution is 0.681. The summed E-state index contributed by atoms with van der Waals surface area (Å²) in [5, 5.41) is 4.24. The van der Waals surface area contributed by atoms with Crippen LogP contribution in [0.5, 0.6) is 0 Å². The topological polar surface area (TPSA) is 37.3 Å². The fourth-order valence-corrected chi connectivity index (χ4v) is 1.22. The second-order valence-electron chi connectivity index (χ2n) is 3.77. The van der Waals surface area contributed by atoms with E-state index in [0.717, 1.165) is 18.0 Å². The third kappa shape index (κ3) is 4.03. The minimum atomic E-state index is 0.643. The number of pyridine rings is 1. The summed E-state index contributed by atoms with van der Waals surface area (Å²) in [7, 11) is 0. The van der Waals surface area contributed by atoms with Gasteiger partial charge in [0, 0.05) is 11.9 Å². The monoisotopic (exact) mass is 191 g/mol. The number of hydrogen-bond donors (Lipinski definition) is 1. The molecule has 0 atom stereocenters. The van der Waals surface area contributed by atoms with Crippen LogP contribution in [0.1, 0.15) is 27.2 Å². The summed E-state index contributed by atoms with van der Waals surface area (Å²) in [6.07, 6.45) is 2.76. The molecule has 0 unspecified atom stereocenters. The Bertz CT molecular complexity index is 291. The summed E-state index contributed by atoms with van der Waals surface area (Å²) in [5.41, 5.74) is 4.03. The number of anilines is 1. The van der Waals surface area contributed by atoms with Crippen molar-refractivity contribution in [2.24, 2.45) is 11.0 Å². The molecule has 0 aromatic carbocycles. The van der Waals surface area contributed by atoms with Gasteiger partial charge in [-0.1, -0.05) is 19.9 Å². The summed E-state index contributed by atoms with van der Waals surface area (Å²) in [4.78, 5) is 4.11. The Labute approximate surface area is 85.3 Å². The first-order chi connectivity index (χ1) is 6.68. The molecular formula is C11H17N3. The van der Waals surface area contributed by atoms with Crippen LogP contribution < -0.4 is 5.43 Å². The SMILES string of the molecule is C/C(CC(C)C)=N\Nc1ccccn1. The molecule has 0 radical (unpaired) electrons. The van der Waals surface area contributed by atoms with E-state index in [2.05, 4.69) is 29.4 Å². The highest BCUT2D eigenvalue weighted by atomic mass is 15.3. The molecule has 1 rings (SSSR count). The van der Waals surface area contributed by atoms with Crippen LogP contribution in [0.2, 0.25) is 0 Å². The van der Waals surface area contributed by atoms with Gasteiger partial charge in [0.15, 0.2) is 0 Å². The molecule has 0 saturated heterocycles. The molecular weight excluding hydrogens is 174 g/mol. The molecule has 3 nitrogen and oxygen atoms in total. The minimum absolute atomic E-state index is 0.643. The second kappa shape index (κ2) is 5.37. The van der Waals surface area contributed by atoms with Gasteiger partial charge in [-0.2, -0.15) is 5.10 Å². The molecule has 14 heavy (non-hydrogen) atoms. The van der Waals surface area contributed by atoms with Crippen LogP contribution >= 0.6 is 0 Å². The standard InChI is InChI=1S/C11H17N3/c1-9(2)8-10(3)13-14-11-6-4-5-7-12-11/h4-7,9H,8H2,1-3H3,(H,12,14)/b13-10+. The maximum atomic E-state index is 4.24. The summed E-state index contributed by atoms with van der Waals surface area (Å²) >= 11 is 0. The van der Waals surface area contributed by atoms with E-state index in [4.69, 9.17) is 0 Å². The van der Waals surface area contributed by atoms with Crippen LogP contribution in [0.3, 0.4) is 0 Å². The summed E-state index contributed by atoms with van der Waals surface area (Å²) in [6, 6.07) is 5.71. The molecule has 1 heterocycles. The van der Waals surface area contributed by atoms with Gasteiger partial charge in [-0.3, -0.25) is 5.43 Å². The van der Waals surface area contributed by atoms with Crippen LogP contribution in [0.25, 0.3) is 0 Å². The van der Waals surface area contributed by atoms with Gasteiger partial charge >= 0.3 is 0 Å². The predicted molar refractivity (Wildman–Crippen MR) is 60.4 cm³/mol. The van der Waals surface area contributed by atoms with Crippen LogP contribution in [0.15, 0.2) is 29.5 Å². The first-order valence-corrected chi connectivity index (χ1v) is 4.88. The molecule has 0 amide bonds. The van der Waals surface area contributed by atoms with Gasteiger partial charge in [0.1, 0.15) is 5.82 Å². The zero-order chi connectivity index (χ0) is 10.4. The van der Waals surface area contributed by atoms with Crippen molar-refractivity contribution in [3.8, 4) is 0 Å². The Kier molecular flexibility index (Phi) is 4.11. The Morgan fingerprint density at radius 1 is 1.50 bits per heavy atom. The van der Waals surface area contributed by atoms with E-state index in [9.17, 15) is 0 Å².